The van der Waals surface area contributed by atoms with Gasteiger partial charge in [0.2, 0.25) is 0 Å². The van der Waals surface area contributed by atoms with Crippen molar-refractivity contribution in [3.05, 3.63) is 58.4 Å². The molecular weight excluding hydrogens is 318 g/mol. The Labute approximate surface area is 147 Å². The third-order valence-corrected chi connectivity index (χ3v) is 4.16. The topological polar surface area (TPSA) is 49.8 Å². The van der Waals surface area contributed by atoms with Gasteiger partial charge < -0.3 is 18.9 Å². The Bertz CT molecular complexity index is 765. The van der Waals surface area contributed by atoms with Crippen LogP contribution in [0, 0.1) is 12.3 Å². The number of nitrogens with zero attached hydrogens (tertiary/aromatic N) is 1. The van der Waals surface area contributed by atoms with E-state index in [2.05, 4.69) is 10.9 Å². The van der Waals surface area contributed by atoms with Gasteiger partial charge in [-0.15, -0.1) is 6.42 Å². The second kappa shape index (κ2) is 8.13. The molecular formula is C20H21NO4. The number of terminal acetylenes is 1. The molecule has 0 radical (unpaired) electrons. The van der Waals surface area contributed by atoms with Crippen LogP contribution in [0.5, 0.6) is 5.75 Å². The second-order valence-electron chi connectivity index (χ2n) is 5.74. The molecule has 0 bridgehead atoms. The van der Waals surface area contributed by atoms with Crippen LogP contribution >= 0.6 is 0 Å². The number of ether oxygens (including phenoxy) is 4. The van der Waals surface area contributed by atoms with Crippen molar-refractivity contribution >= 4 is 0 Å². The number of benzene rings is 1. The largest absolute Gasteiger partial charge is 0.465 e. The summed E-state index contributed by atoms with van der Waals surface area (Å²) >= 11 is 0. The van der Waals surface area contributed by atoms with Crippen LogP contribution in [0.25, 0.3) is 0 Å². The zero-order chi connectivity index (χ0) is 17.6. The molecule has 0 amide bonds. The number of fused-ring (bicyclic) bond motifs is 1. The Kier molecular flexibility index (Phi) is 5.67. The highest BCUT2D eigenvalue weighted by Crippen LogP contribution is 2.39. The molecule has 1 atom stereocenters. The monoisotopic (exact) mass is 339 g/mol. The number of aryl methyl sites for hydroxylation is 2. The van der Waals surface area contributed by atoms with E-state index in [1.54, 1.807) is 14.2 Å². The molecule has 0 aliphatic carbocycles. The van der Waals surface area contributed by atoms with Gasteiger partial charge >= 0.3 is 0 Å². The van der Waals surface area contributed by atoms with Crippen LogP contribution in [0.3, 0.4) is 0 Å². The van der Waals surface area contributed by atoms with Gasteiger partial charge in [0.15, 0.2) is 18.8 Å². The lowest BCUT2D eigenvalue weighted by Gasteiger charge is -2.17. The van der Waals surface area contributed by atoms with E-state index >= 15 is 0 Å². The lowest BCUT2D eigenvalue weighted by atomic mass is 10.0. The molecule has 1 aliphatic rings. The summed E-state index contributed by atoms with van der Waals surface area (Å²) in [7, 11) is 3.21. The van der Waals surface area contributed by atoms with Crippen molar-refractivity contribution in [2.45, 2.75) is 25.7 Å². The average Bonchev–Trinajstić information content (AvgIpc) is 3.08. The van der Waals surface area contributed by atoms with Crippen molar-refractivity contribution in [3.8, 4) is 18.1 Å². The summed E-state index contributed by atoms with van der Waals surface area (Å²) in [6.45, 7) is 0.621. The third-order valence-electron chi connectivity index (χ3n) is 4.16. The predicted molar refractivity (Wildman–Crippen MR) is 93.1 cm³/mol. The van der Waals surface area contributed by atoms with Crippen LogP contribution in [0.1, 0.15) is 34.2 Å². The van der Waals surface area contributed by atoms with E-state index in [1.165, 1.54) is 5.56 Å². The Morgan fingerprint density at radius 1 is 1.24 bits per heavy atom. The summed E-state index contributed by atoms with van der Waals surface area (Å²) in [5, 5.41) is 0. The summed E-state index contributed by atoms with van der Waals surface area (Å²) in [6.07, 6.45) is 8.37. The number of pyridine rings is 1. The van der Waals surface area contributed by atoms with Crippen LogP contribution in [0.15, 0.2) is 30.5 Å². The number of rotatable bonds is 7. The first-order valence-electron chi connectivity index (χ1n) is 8.09. The molecule has 2 heterocycles. The van der Waals surface area contributed by atoms with Crippen LogP contribution in [0.4, 0.5) is 0 Å². The van der Waals surface area contributed by atoms with E-state index < -0.39 is 6.29 Å². The highest BCUT2D eigenvalue weighted by atomic mass is 16.7. The van der Waals surface area contributed by atoms with Crippen molar-refractivity contribution in [2.24, 2.45) is 0 Å². The molecule has 1 aromatic carbocycles. The fourth-order valence-electron chi connectivity index (χ4n) is 2.88. The summed E-state index contributed by atoms with van der Waals surface area (Å²) in [6, 6.07) is 7.98. The zero-order valence-corrected chi connectivity index (χ0v) is 14.5. The van der Waals surface area contributed by atoms with E-state index in [1.807, 2.05) is 30.5 Å². The van der Waals surface area contributed by atoms with Crippen molar-refractivity contribution < 1.29 is 18.9 Å². The number of aromatic nitrogens is 1. The summed E-state index contributed by atoms with van der Waals surface area (Å²) in [4.78, 5) is 4.57. The van der Waals surface area contributed by atoms with E-state index in [-0.39, 0.29) is 6.79 Å². The molecule has 1 unspecified atom stereocenters. The minimum absolute atomic E-state index is 0.151. The molecule has 2 aromatic rings. The summed E-state index contributed by atoms with van der Waals surface area (Å²) in [5.41, 5.74) is 4.83. The number of hydrogen-bond acceptors (Lipinski definition) is 5. The molecule has 1 aliphatic heterocycles. The quantitative estimate of drug-likeness (QED) is 0.573. The predicted octanol–water partition coefficient (Wildman–Crippen LogP) is 3.01. The van der Waals surface area contributed by atoms with E-state index in [0.29, 0.717) is 12.4 Å². The molecule has 0 fully saturated rings. The second-order valence-corrected chi connectivity index (χ2v) is 5.74. The maximum Gasteiger partial charge on any atom is 0.188 e. The molecule has 130 valence electrons. The van der Waals surface area contributed by atoms with Gasteiger partial charge in [-0.2, -0.15) is 0 Å². The normalized spacial score (nSPS) is 15.6. The van der Waals surface area contributed by atoms with E-state index in [9.17, 15) is 0 Å². The first-order valence-corrected chi connectivity index (χ1v) is 8.09. The fraction of sp³-hybridized carbons (Fsp3) is 0.350. The summed E-state index contributed by atoms with van der Waals surface area (Å²) < 4.78 is 21.9. The fourth-order valence-corrected chi connectivity index (χ4v) is 2.88. The van der Waals surface area contributed by atoms with Crippen molar-refractivity contribution in [1.82, 2.24) is 4.98 Å². The molecule has 3 rings (SSSR count). The maximum atomic E-state index is 5.81. The van der Waals surface area contributed by atoms with Crippen LogP contribution in [-0.2, 0) is 33.7 Å². The number of hydrogen-bond donors (Lipinski definition) is 0. The van der Waals surface area contributed by atoms with Crippen LogP contribution in [0.2, 0.25) is 0 Å². The molecule has 25 heavy (non-hydrogen) atoms. The van der Waals surface area contributed by atoms with Gasteiger partial charge in [0.25, 0.3) is 0 Å². The summed E-state index contributed by atoms with van der Waals surface area (Å²) in [5.74, 6) is 3.32. The lowest BCUT2D eigenvalue weighted by molar-refractivity contribution is -0.119. The first kappa shape index (κ1) is 17.4. The van der Waals surface area contributed by atoms with Gasteiger partial charge in [-0.3, -0.25) is 4.98 Å². The highest BCUT2D eigenvalue weighted by molar-refractivity contribution is 5.45. The van der Waals surface area contributed by atoms with Gasteiger partial charge in [-0.1, -0.05) is 18.1 Å². The Balaban J connectivity index is 1.83. The zero-order valence-electron chi connectivity index (χ0n) is 14.5. The van der Waals surface area contributed by atoms with Crippen molar-refractivity contribution in [3.63, 3.8) is 0 Å². The van der Waals surface area contributed by atoms with Gasteiger partial charge in [-0.05, 0) is 30.5 Å². The SMILES string of the molecule is C#Cc1ccc(CCc2ncc3c(c2OCOC)C(OC)OC3)cc1. The van der Waals surface area contributed by atoms with E-state index in [0.717, 1.165) is 35.2 Å². The Morgan fingerprint density at radius 2 is 2.04 bits per heavy atom. The molecule has 0 saturated heterocycles. The van der Waals surface area contributed by atoms with Gasteiger partial charge in [-0.25, -0.2) is 0 Å². The smallest absolute Gasteiger partial charge is 0.188 e. The highest BCUT2D eigenvalue weighted by Gasteiger charge is 2.29. The van der Waals surface area contributed by atoms with Crippen LogP contribution < -0.4 is 4.74 Å². The third kappa shape index (κ3) is 3.83. The minimum atomic E-state index is -0.432. The molecule has 5 heteroatoms. The Hall–Kier alpha value is -2.39. The van der Waals surface area contributed by atoms with Crippen molar-refractivity contribution in [1.29, 1.82) is 0 Å². The van der Waals surface area contributed by atoms with Crippen molar-refractivity contribution in [2.75, 3.05) is 21.0 Å². The average molecular weight is 339 g/mol. The maximum absolute atomic E-state index is 5.81. The molecule has 5 nitrogen and oxygen atoms in total. The molecule has 0 saturated carbocycles. The molecule has 1 aromatic heterocycles. The first-order chi connectivity index (χ1) is 12.3. The minimum Gasteiger partial charge on any atom is -0.465 e. The lowest BCUT2D eigenvalue weighted by Crippen LogP contribution is -2.10. The molecule has 0 spiro atoms. The number of methoxy groups -OCH3 is 2. The van der Waals surface area contributed by atoms with Gasteiger partial charge in [0.1, 0.15) is 0 Å². The van der Waals surface area contributed by atoms with Crippen LogP contribution in [-0.4, -0.2) is 26.0 Å². The van der Waals surface area contributed by atoms with Gasteiger partial charge in [0.05, 0.1) is 17.9 Å². The standard InChI is InChI=1S/C20H21NO4/c1-4-14-5-7-15(8-6-14)9-10-17-19(25-13-22-2)18-16(11-21-17)12-24-20(18)23-3/h1,5-8,11,20H,9-10,12-13H2,2-3H3. The van der Waals surface area contributed by atoms with E-state index in [4.69, 9.17) is 25.4 Å². The Morgan fingerprint density at radius 3 is 2.72 bits per heavy atom. The van der Waals surface area contributed by atoms with Gasteiger partial charge in [0, 0.05) is 31.5 Å². The molecule has 0 N–H and O–H groups in total.